The Kier molecular flexibility index (Phi) is 5.13. The van der Waals surface area contributed by atoms with Gasteiger partial charge >= 0.3 is 5.97 Å². The molecule has 0 saturated heterocycles. The summed E-state index contributed by atoms with van der Waals surface area (Å²) in [5, 5.41) is 7.91. The number of benzene rings is 1. The summed E-state index contributed by atoms with van der Waals surface area (Å²) in [6.45, 7) is 2.36. The number of esters is 1. The lowest BCUT2D eigenvalue weighted by Gasteiger charge is -2.09. The maximum atomic E-state index is 11.2. The molecule has 8 heteroatoms. The number of hydrogen-bond acceptors (Lipinski definition) is 6. The topological polar surface area (TPSA) is 125 Å². The molecule has 1 aromatic rings. The molecule has 0 aliphatic heterocycles. The molecule has 0 radical (unpaired) electrons. The second-order valence-electron chi connectivity index (χ2n) is 3.82. The third-order valence-corrected chi connectivity index (χ3v) is 3.11. The van der Waals surface area contributed by atoms with Crippen LogP contribution >= 0.6 is 0 Å². The van der Waals surface area contributed by atoms with Crippen LogP contribution in [0.2, 0.25) is 0 Å². The zero-order valence-corrected chi connectivity index (χ0v) is 11.4. The first-order valence-electron chi connectivity index (χ1n) is 5.66. The van der Waals surface area contributed by atoms with Gasteiger partial charge in [0.2, 0.25) is 10.0 Å². The molecule has 1 rings (SSSR count). The fourth-order valence-electron chi connectivity index (χ4n) is 1.43. The van der Waals surface area contributed by atoms with Gasteiger partial charge in [0.25, 0.3) is 0 Å². The van der Waals surface area contributed by atoms with Gasteiger partial charge in [-0.2, -0.15) is 0 Å². The van der Waals surface area contributed by atoms with E-state index in [0.29, 0.717) is 18.8 Å². The summed E-state index contributed by atoms with van der Waals surface area (Å²) < 4.78 is 27.2. The summed E-state index contributed by atoms with van der Waals surface area (Å²) in [6.07, 6.45) is 0.174. The molecule has 0 bridgehead atoms. The quantitative estimate of drug-likeness (QED) is 0.510. The predicted octanol–water partition coefficient (Wildman–Crippen LogP) is 0.281. The lowest BCUT2D eigenvalue weighted by atomic mass is 10.2. The number of nitrogens with two attached hydrogens (primary N) is 2. The standard InChI is InChI=1S/C11H17N3O4S/c1-2-18-11(15)3-4-14-9-5-8(12)6-10(7-9)19(13,16)17/h5-7,14H,2-4,12H2,1H3,(H2,13,16,17). The summed E-state index contributed by atoms with van der Waals surface area (Å²) in [7, 11) is -3.81. The van der Waals surface area contributed by atoms with Gasteiger partial charge in [-0.25, -0.2) is 13.6 Å². The number of nitrogens with one attached hydrogen (secondary N) is 1. The van der Waals surface area contributed by atoms with Crippen molar-refractivity contribution in [2.75, 3.05) is 24.2 Å². The van der Waals surface area contributed by atoms with E-state index in [-0.39, 0.29) is 23.0 Å². The van der Waals surface area contributed by atoms with Crippen LogP contribution in [0.15, 0.2) is 23.1 Å². The Morgan fingerprint density at radius 1 is 1.37 bits per heavy atom. The molecule has 0 heterocycles. The van der Waals surface area contributed by atoms with Crippen LogP contribution in [0.3, 0.4) is 0 Å². The molecule has 0 aliphatic rings. The zero-order chi connectivity index (χ0) is 14.5. The van der Waals surface area contributed by atoms with Crippen LogP contribution in [0.5, 0.6) is 0 Å². The summed E-state index contributed by atoms with van der Waals surface area (Å²) in [5.41, 5.74) is 6.33. The molecule has 0 fully saturated rings. The van der Waals surface area contributed by atoms with E-state index in [0.717, 1.165) is 0 Å². The molecule has 0 unspecified atom stereocenters. The number of primary sulfonamides is 1. The van der Waals surface area contributed by atoms with Gasteiger partial charge in [-0.1, -0.05) is 0 Å². The highest BCUT2D eigenvalue weighted by atomic mass is 32.2. The zero-order valence-electron chi connectivity index (χ0n) is 10.5. The molecule has 106 valence electrons. The number of sulfonamides is 1. The lowest BCUT2D eigenvalue weighted by Crippen LogP contribution is -2.14. The molecule has 0 spiro atoms. The summed E-state index contributed by atoms with van der Waals surface area (Å²) >= 11 is 0. The van der Waals surface area contributed by atoms with Gasteiger partial charge in [-0.3, -0.25) is 4.79 Å². The third-order valence-electron chi connectivity index (χ3n) is 2.22. The Balaban J connectivity index is 2.69. The van der Waals surface area contributed by atoms with Crippen LogP contribution in [0.25, 0.3) is 0 Å². The minimum atomic E-state index is -3.81. The fourth-order valence-corrected chi connectivity index (χ4v) is 2.02. The van der Waals surface area contributed by atoms with Gasteiger partial charge in [-0.15, -0.1) is 0 Å². The first kappa shape index (κ1) is 15.3. The SMILES string of the molecule is CCOC(=O)CCNc1cc(N)cc(S(N)(=O)=O)c1. The van der Waals surface area contributed by atoms with Crippen molar-refractivity contribution in [3.8, 4) is 0 Å². The molecule has 0 atom stereocenters. The van der Waals surface area contributed by atoms with Gasteiger partial charge in [0.15, 0.2) is 0 Å². The van der Waals surface area contributed by atoms with E-state index < -0.39 is 10.0 Å². The number of rotatable bonds is 6. The second-order valence-corrected chi connectivity index (χ2v) is 5.38. The average Bonchev–Trinajstić information content (AvgIpc) is 2.27. The number of hydrogen-bond donors (Lipinski definition) is 3. The van der Waals surface area contributed by atoms with Crippen molar-refractivity contribution >= 4 is 27.4 Å². The minimum absolute atomic E-state index is 0.0777. The van der Waals surface area contributed by atoms with Gasteiger partial charge in [-0.05, 0) is 25.1 Å². The Morgan fingerprint density at radius 3 is 2.63 bits per heavy atom. The van der Waals surface area contributed by atoms with E-state index in [1.54, 1.807) is 13.0 Å². The average molecular weight is 287 g/mol. The Hall–Kier alpha value is -1.80. The van der Waals surface area contributed by atoms with Gasteiger partial charge in [0.1, 0.15) is 0 Å². The molecule has 5 N–H and O–H groups in total. The van der Waals surface area contributed by atoms with Crippen molar-refractivity contribution in [2.24, 2.45) is 5.14 Å². The first-order chi connectivity index (χ1) is 8.82. The van der Waals surface area contributed by atoms with Crippen LogP contribution in [-0.2, 0) is 19.6 Å². The van der Waals surface area contributed by atoms with Crippen LogP contribution in [0.4, 0.5) is 11.4 Å². The molecule has 0 amide bonds. The second kappa shape index (κ2) is 6.39. The highest BCUT2D eigenvalue weighted by molar-refractivity contribution is 7.89. The van der Waals surface area contributed by atoms with Crippen LogP contribution < -0.4 is 16.2 Å². The smallest absolute Gasteiger partial charge is 0.307 e. The van der Waals surface area contributed by atoms with Gasteiger partial charge < -0.3 is 15.8 Å². The van der Waals surface area contributed by atoms with Crippen molar-refractivity contribution in [2.45, 2.75) is 18.2 Å². The van der Waals surface area contributed by atoms with Crippen molar-refractivity contribution in [1.29, 1.82) is 0 Å². The largest absolute Gasteiger partial charge is 0.466 e. The van der Waals surface area contributed by atoms with E-state index in [2.05, 4.69) is 5.32 Å². The molecular weight excluding hydrogens is 270 g/mol. The van der Waals surface area contributed by atoms with E-state index in [1.807, 2.05) is 0 Å². The Labute approximate surface area is 112 Å². The van der Waals surface area contributed by atoms with Crippen LogP contribution in [0.1, 0.15) is 13.3 Å². The van der Waals surface area contributed by atoms with Crippen molar-refractivity contribution in [1.82, 2.24) is 0 Å². The fraction of sp³-hybridized carbons (Fsp3) is 0.364. The molecule has 0 aliphatic carbocycles. The number of ether oxygens (including phenoxy) is 1. The molecule has 1 aromatic carbocycles. The van der Waals surface area contributed by atoms with Gasteiger partial charge in [0, 0.05) is 17.9 Å². The van der Waals surface area contributed by atoms with E-state index in [4.69, 9.17) is 15.6 Å². The van der Waals surface area contributed by atoms with E-state index >= 15 is 0 Å². The number of anilines is 2. The molecule has 0 saturated carbocycles. The first-order valence-corrected chi connectivity index (χ1v) is 7.20. The van der Waals surface area contributed by atoms with Crippen molar-refractivity contribution < 1.29 is 17.9 Å². The normalized spacial score (nSPS) is 11.1. The third kappa shape index (κ3) is 5.14. The monoisotopic (exact) mass is 287 g/mol. The highest BCUT2D eigenvalue weighted by Crippen LogP contribution is 2.19. The van der Waals surface area contributed by atoms with Crippen molar-refractivity contribution in [3.05, 3.63) is 18.2 Å². The predicted molar refractivity (Wildman–Crippen MR) is 72.0 cm³/mol. The highest BCUT2D eigenvalue weighted by Gasteiger charge is 2.10. The van der Waals surface area contributed by atoms with Gasteiger partial charge in [0.05, 0.1) is 17.9 Å². The Bertz CT molecular complexity index is 557. The van der Waals surface area contributed by atoms with Crippen LogP contribution in [0, 0.1) is 0 Å². The summed E-state index contributed by atoms with van der Waals surface area (Å²) in [5.74, 6) is -0.328. The number of nitrogen functional groups attached to an aromatic ring is 1. The van der Waals surface area contributed by atoms with E-state index in [9.17, 15) is 13.2 Å². The molecular formula is C11H17N3O4S. The lowest BCUT2D eigenvalue weighted by molar-refractivity contribution is -0.142. The summed E-state index contributed by atoms with van der Waals surface area (Å²) in [6, 6.07) is 4.18. The maximum absolute atomic E-state index is 11.2. The minimum Gasteiger partial charge on any atom is -0.466 e. The molecule has 19 heavy (non-hydrogen) atoms. The van der Waals surface area contributed by atoms with Crippen molar-refractivity contribution in [3.63, 3.8) is 0 Å². The number of carbonyl (C=O) groups is 1. The van der Waals surface area contributed by atoms with E-state index in [1.165, 1.54) is 12.1 Å². The molecule has 0 aromatic heterocycles. The maximum Gasteiger partial charge on any atom is 0.307 e. The Morgan fingerprint density at radius 2 is 2.05 bits per heavy atom. The molecule has 7 nitrogen and oxygen atoms in total. The van der Waals surface area contributed by atoms with Crippen LogP contribution in [-0.4, -0.2) is 27.5 Å². The summed E-state index contributed by atoms with van der Waals surface area (Å²) in [4.78, 5) is 11.0. The number of carbonyl (C=O) groups excluding carboxylic acids is 1.